The number of hydrogen-bond donors (Lipinski definition) is 0. The Kier molecular flexibility index (Phi) is 5.20. The maximum Gasteiger partial charge on any atom is 0.341 e. The number of fused-ring (bicyclic) bond motifs is 1. The fourth-order valence-corrected chi connectivity index (χ4v) is 3.29. The average molecular weight is 344 g/mol. The number of halogens is 1. The van der Waals surface area contributed by atoms with Crippen LogP contribution in [0.15, 0.2) is 23.0 Å². The predicted molar refractivity (Wildman–Crippen MR) is 83.4 cm³/mol. The number of carbonyl (C=O) groups excluding carboxylic acids is 2. The lowest BCUT2D eigenvalue weighted by atomic mass is 10.2. The van der Waals surface area contributed by atoms with Gasteiger partial charge in [0.1, 0.15) is 0 Å². The van der Waals surface area contributed by atoms with Gasteiger partial charge in [-0.3, -0.25) is 9.36 Å². The molecule has 0 amide bonds. The smallest absolute Gasteiger partial charge is 0.341 e. The minimum atomic E-state index is -1.50. The second kappa shape index (κ2) is 6.93. The first-order valence-electron chi connectivity index (χ1n) is 6.64. The van der Waals surface area contributed by atoms with Crippen molar-refractivity contribution in [2.45, 2.75) is 19.9 Å². The van der Waals surface area contributed by atoms with Crippen molar-refractivity contribution >= 4 is 45.1 Å². The van der Waals surface area contributed by atoms with Crippen LogP contribution in [0.3, 0.4) is 0 Å². The van der Waals surface area contributed by atoms with E-state index in [9.17, 15) is 14.4 Å². The number of rotatable bonds is 5. The van der Waals surface area contributed by atoms with Crippen LogP contribution < -0.4 is 4.87 Å². The van der Waals surface area contributed by atoms with Crippen molar-refractivity contribution in [3.05, 3.63) is 32.9 Å². The monoisotopic (exact) mass is 343 g/mol. The second-order valence-corrected chi connectivity index (χ2v) is 5.63. The topological polar surface area (TPSA) is 74.6 Å². The molecule has 0 N–H and O–H groups in total. The van der Waals surface area contributed by atoms with Gasteiger partial charge in [0.05, 0.1) is 28.5 Å². The lowest BCUT2D eigenvalue weighted by Crippen LogP contribution is -2.35. The zero-order valence-corrected chi connectivity index (χ0v) is 13.6. The molecule has 0 spiro atoms. The molecule has 2 rings (SSSR count). The zero-order chi connectivity index (χ0) is 16.3. The van der Waals surface area contributed by atoms with E-state index in [2.05, 4.69) is 0 Å². The molecule has 118 valence electrons. The molecule has 1 heterocycles. The summed E-state index contributed by atoms with van der Waals surface area (Å²) < 4.78 is 11.4. The number of para-hydroxylation sites is 1. The van der Waals surface area contributed by atoms with Crippen molar-refractivity contribution in [2.75, 3.05) is 13.2 Å². The summed E-state index contributed by atoms with van der Waals surface area (Å²) in [6.07, 6.45) is 0. The molecular weight excluding hydrogens is 330 g/mol. The van der Waals surface area contributed by atoms with Crippen LogP contribution in [-0.2, 0) is 19.1 Å². The Bertz CT molecular complexity index is 748. The maximum absolute atomic E-state index is 12.3. The van der Waals surface area contributed by atoms with Crippen LogP contribution in [0.25, 0.3) is 10.2 Å². The Morgan fingerprint density at radius 1 is 1.23 bits per heavy atom. The Morgan fingerprint density at radius 3 is 2.36 bits per heavy atom. The van der Waals surface area contributed by atoms with Gasteiger partial charge in [0, 0.05) is 0 Å². The van der Waals surface area contributed by atoms with Crippen molar-refractivity contribution < 1.29 is 19.1 Å². The highest BCUT2D eigenvalue weighted by molar-refractivity contribution is 7.16. The molecule has 0 atom stereocenters. The third-order valence-electron chi connectivity index (χ3n) is 2.86. The minimum absolute atomic E-state index is 0.0826. The van der Waals surface area contributed by atoms with Crippen molar-refractivity contribution in [2.24, 2.45) is 0 Å². The molecule has 0 aliphatic carbocycles. The minimum Gasteiger partial charge on any atom is -0.464 e. The molecule has 22 heavy (non-hydrogen) atoms. The molecule has 1 aromatic carbocycles. The molecule has 0 aliphatic rings. The fourth-order valence-electron chi connectivity index (χ4n) is 2.03. The quantitative estimate of drug-likeness (QED) is 0.615. The normalized spacial score (nSPS) is 10.9. The molecule has 0 saturated carbocycles. The summed E-state index contributed by atoms with van der Waals surface area (Å²) >= 11 is 7.03. The summed E-state index contributed by atoms with van der Waals surface area (Å²) in [5.41, 5.74) is 0.324. The lowest BCUT2D eigenvalue weighted by Gasteiger charge is -2.16. The van der Waals surface area contributed by atoms with E-state index in [1.54, 1.807) is 32.0 Å². The van der Waals surface area contributed by atoms with Gasteiger partial charge in [0.25, 0.3) is 0 Å². The number of nitrogens with zero attached hydrogens (tertiary/aromatic N) is 1. The van der Waals surface area contributed by atoms with Crippen LogP contribution in [0.1, 0.15) is 19.9 Å². The SMILES string of the molecule is CCOC(=O)C(C(=O)OCC)n1c(=O)sc2cccc(Cl)c21. The van der Waals surface area contributed by atoms with Crippen LogP contribution in [0.5, 0.6) is 0 Å². The highest BCUT2D eigenvalue weighted by atomic mass is 35.5. The molecule has 0 fully saturated rings. The number of ether oxygens (including phenoxy) is 2. The standard InChI is InChI=1S/C14H14ClNO5S/c1-3-20-12(17)11(13(18)21-4-2)16-10-8(15)6-5-7-9(10)22-14(16)19/h5-7,11H,3-4H2,1-2H3. The number of benzene rings is 1. The van der Waals surface area contributed by atoms with Crippen LogP contribution in [0, 0.1) is 0 Å². The molecular formula is C14H14ClNO5S. The van der Waals surface area contributed by atoms with Gasteiger partial charge in [-0.05, 0) is 26.0 Å². The molecule has 0 unspecified atom stereocenters. The number of thiazole rings is 1. The van der Waals surface area contributed by atoms with Gasteiger partial charge in [0.2, 0.25) is 6.04 Å². The number of carbonyl (C=O) groups is 2. The molecule has 8 heteroatoms. The van der Waals surface area contributed by atoms with E-state index >= 15 is 0 Å². The van der Waals surface area contributed by atoms with Gasteiger partial charge in [-0.15, -0.1) is 0 Å². The fraction of sp³-hybridized carbons (Fsp3) is 0.357. The lowest BCUT2D eigenvalue weighted by molar-refractivity contribution is -0.160. The van der Waals surface area contributed by atoms with Crippen molar-refractivity contribution in [1.29, 1.82) is 0 Å². The Labute approximate surface area is 135 Å². The highest BCUT2D eigenvalue weighted by Crippen LogP contribution is 2.28. The molecule has 1 aromatic heterocycles. The van der Waals surface area contributed by atoms with Crippen LogP contribution >= 0.6 is 22.9 Å². The second-order valence-electron chi connectivity index (χ2n) is 4.23. The van der Waals surface area contributed by atoms with E-state index in [0.717, 1.165) is 15.9 Å². The molecule has 0 aliphatic heterocycles. The van der Waals surface area contributed by atoms with E-state index in [4.69, 9.17) is 21.1 Å². The summed E-state index contributed by atoms with van der Waals surface area (Å²) in [6, 6.07) is 3.47. The first kappa shape index (κ1) is 16.5. The van der Waals surface area contributed by atoms with E-state index in [-0.39, 0.29) is 18.2 Å². The van der Waals surface area contributed by atoms with E-state index in [1.165, 1.54) is 0 Å². The molecule has 6 nitrogen and oxygen atoms in total. The van der Waals surface area contributed by atoms with Gasteiger partial charge in [0.15, 0.2) is 0 Å². The Morgan fingerprint density at radius 2 is 1.82 bits per heavy atom. The van der Waals surface area contributed by atoms with E-state index in [0.29, 0.717) is 10.2 Å². The third-order valence-corrected chi connectivity index (χ3v) is 4.09. The van der Waals surface area contributed by atoms with Gasteiger partial charge in [-0.2, -0.15) is 0 Å². The van der Waals surface area contributed by atoms with Gasteiger partial charge < -0.3 is 9.47 Å². The van der Waals surface area contributed by atoms with Crippen molar-refractivity contribution in [1.82, 2.24) is 4.57 Å². The van der Waals surface area contributed by atoms with Gasteiger partial charge >= 0.3 is 16.8 Å². The summed E-state index contributed by atoms with van der Waals surface area (Å²) in [7, 11) is 0. The van der Waals surface area contributed by atoms with Gasteiger partial charge in [-0.25, -0.2) is 9.59 Å². The third kappa shape index (κ3) is 3.00. The first-order valence-corrected chi connectivity index (χ1v) is 7.83. The molecule has 0 saturated heterocycles. The number of hydrogen-bond acceptors (Lipinski definition) is 6. The molecule has 0 radical (unpaired) electrons. The predicted octanol–water partition coefficient (Wildman–Crippen LogP) is 2.38. The van der Waals surface area contributed by atoms with Crippen molar-refractivity contribution in [3.63, 3.8) is 0 Å². The number of esters is 2. The summed E-state index contributed by atoms with van der Waals surface area (Å²) in [5.74, 6) is -1.69. The van der Waals surface area contributed by atoms with E-state index in [1.807, 2.05) is 0 Å². The van der Waals surface area contributed by atoms with E-state index < -0.39 is 22.9 Å². The summed E-state index contributed by atoms with van der Waals surface area (Å²) in [4.78, 5) is 36.1. The largest absolute Gasteiger partial charge is 0.464 e. The summed E-state index contributed by atoms with van der Waals surface area (Å²) in [5, 5.41) is 0.273. The van der Waals surface area contributed by atoms with Gasteiger partial charge in [-0.1, -0.05) is 29.0 Å². The molecule has 0 bridgehead atoms. The van der Waals surface area contributed by atoms with Crippen LogP contribution in [-0.4, -0.2) is 29.7 Å². The zero-order valence-electron chi connectivity index (χ0n) is 12.0. The van der Waals surface area contributed by atoms with Crippen LogP contribution in [0.2, 0.25) is 5.02 Å². The van der Waals surface area contributed by atoms with Crippen LogP contribution in [0.4, 0.5) is 0 Å². The Balaban J connectivity index is 2.66. The maximum atomic E-state index is 12.3. The highest BCUT2D eigenvalue weighted by Gasteiger charge is 2.34. The molecule has 2 aromatic rings. The number of aromatic nitrogens is 1. The van der Waals surface area contributed by atoms with Crippen molar-refractivity contribution in [3.8, 4) is 0 Å². The summed E-state index contributed by atoms with van der Waals surface area (Å²) in [6.45, 7) is 3.39. The average Bonchev–Trinajstić information content (AvgIpc) is 2.78. The Hall–Kier alpha value is -1.86. The first-order chi connectivity index (χ1) is 10.5.